The number of carboxylic acid groups (broad SMARTS) is 1. The zero-order chi connectivity index (χ0) is 13.8. The fraction of sp³-hybridized carbons (Fsp3) is 0.154. The maximum Gasteiger partial charge on any atom is 0.414 e. The molecule has 0 saturated carbocycles. The van der Waals surface area contributed by atoms with Gasteiger partial charge in [0, 0.05) is 6.20 Å². The van der Waals surface area contributed by atoms with Crippen molar-refractivity contribution in [1.29, 1.82) is 0 Å². The standard InChI is InChI=1S/C13H11NO5/c15-11-7-14(6-10(11)12(16)17)13(18)19-8-9-4-2-1-3-5-9/h1-6H,7-8H2,(H,16,17). The van der Waals surface area contributed by atoms with E-state index in [0.29, 0.717) is 0 Å². The Morgan fingerprint density at radius 1 is 1.26 bits per heavy atom. The van der Waals surface area contributed by atoms with Gasteiger partial charge >= 0.3 is 12.1 Å². The zero-order valence-electron chi connectivity index (χ0n) is 9.91. The summed E-state index contributed by atoms with van der Waals surface area (Å²) in [4.78, 5) is 34.6. The summed E-state index contributed by atoms with van der Waals surface area (Å²) in [6, 6.07) is 9.05. The average Bonchev–Trinajstić information content (AvgIpc) is 2.79. The molecule has 0 fully saturated rings. The van der Waals surface area contributed by atoms with Crippen molar-refractivity contribution in [2.75, 3.05) is 6.54 Å². The summed E-state index contributed by atoms with van der Waals surface area (Å²) in [7, 11) is 0. The van der Waals surface area contributed by atoms with Crippen LogP contribution in [0.5, 0.6) is 0 Å². The fourth-order valence-electron chi connectivity index (χ4n) is 1.61. The van der Waals surface area contributed by atoms with Crippen molar-refractivity contribution < 1.29 is 24.2 Å². The maximum atomic E-state index is 11.6. The number of carboxylic acids is 1. The second-order valence-electron chi connectivity index (χ2n) is 3.94. The van der Waals surface area contributed by atoms with Gasteiger partial charge in [-0.25, -0.2) is 9.59 Å². The largest absolute Gasteiger partial charge is 0.478 e. The number of hydrogen-bond acceptors (Lipinski definition) is 4. The highest BCUT2D eigenvalue weighted by Gasteiger charge is 2.30. The van der Waals surface area contributed by atoms with Crippen molar-refractivity contribution >= 4 is 17.8 Å². The third-order valence-electron chi connectivity index (χ3n) is 2.57. The number of rotatable bonds is 3. The predicted molar refractivity (Wildman–Crippen MR) is 64.1 cm³/mol. The first-order valence-electron chi connectivity index (χ1n) is 5.53. The molecule has 0 aliphatic carbocycles. The molecule has 0 bridgehead atoms. The molecule has 1 aliphatic heterocycles. The van der Waals surface area contributed by atoms with E-state index >= 15 is 0 Å². The number of amides is 1. The van der Waals surface area contributed by atoms with E-state index in [1.54, 1.807) is 12.1 Å². The molecule has 0 unspecified atom stereocenters. The Balaban J connectivity index is 1.95. The van der Waals surface area contributed by atoms with E-state index in [4.69, 9.17) is 9.84 Å². The molecule has 1 heterocycles. The van der Waals surface area contributed by atoms with E-state index in [-0.39, 0.29) is 13.2 Å². The van der Waals surface area contributed by atoms with Gasteiger partial charge in [-0.3, -0.25) is 9.69 Å². The van der Waals surface area contributed by atoms with Gasteiger partial charge in [0.15, 0.2) is 5.78 Å². The summed E-state index contributed by atoms with van der Waals surface area (Å²) in [5, 5.41) is 8.72. The topological polar surface area (TPSA) is 83.9 Å². The van der Waals surface area contributed by atoms with Crippen LogP contribution in [0.15, 0.2) is 42.1 Å². The minimum atomic E-state index is -1.34. The van der Waals surface area contributed by atoms with Crippen LogP contribution >= 0.6 is 0 Å². The Kier molecular flexibility index (Phi) is 3.61. The van der Waals surface area contributed by atoms with Crippen LogP contribution in [0.3, 0.4) is 0 Å². The molecule has 1 N–H and O–H groups in total. The van der Waals surface area contributed by atoms with Crippen molar-refractivity contribution in [2.45, 2.75) is 6.61 Å². The summed E-state index contributed by atoms with van der Waals surface area (Å²) in [6.45, 7) is -0.226. The molecule has 19 heavy (non-hydrogen) atoms. The van der Waals surface area contributed by atoms with Crippen LogP contribution in [0.4, 0.5) is 4.79 Å². The lowest BCUT2D eigenvalue weighted by Crippen LogP contribution is -2.26. The van der Waals surface area contributed by atoms with Gasteiger partial charge in [0.2, 0.25) is 0 Å². The SMILES string of the molecule is O=C(O)C1=CN(C(=O)OCc2ccccc2)CC1=O. The van der Waals surface area contributed by atoms with Gasteiger partial charge in [-0.05, 0) is 5.56 Å². The van der Waals surface area contributed by atoms with E-state index in [0.717, 1.165) is 16.7 Å². The molecule has 1 aromatic rings. The van der Waals surface area contributed by atoms with Gasteiger partial charge < -0.3 is 9.84 Å². The summed E-state index contributed by atoms with van der Waals surface area (Å²) < 4.78 is 4.99. The van der Waals surface area contributed by atoms with Crippen LogP contribution in [-0.2, 0) is 20.9 Å². The molecule has 1 amide bonds. The molecule has 0 radical (unpaired) electrons. The first-order chi connectivity index (χ1) is 9.08. The summed E-state index contributed by atoms with van der Waals surface area (Å²) in [5.74, 6) is -1.95. The monoisotopic (exact) mass is 261 g/mol. The Bertz CT molecular complexity index is 549. The number of nitrogens with zero attached hydrogens (tertiary/aromatic N) is 1. The Morgan fingerprint density at radius 2 is 1.95 bits per heavy atom. The number of benzene rings is 1. The summed E-state index contributed by atoms with van der Waals surface area (Å²) >= 11 is 0. The highest BCUT2D eigenvalue weighted by atomic mass is 16.6. The van der Waals surface area contributed by atoms with E-state index in [1.165, 1.54) is 0 Å². The van der Waals surface area contributed by atoms with Crippen LogP contribution in [0.1, 0.15) is 5.56 Å². The molecular formula is C13H11NO5. The lowest BCUT2D eigenvalue weighted by molar-refractivity contribution is -0.134. The van der Waals surface area contributed by atoms with Crippen LogP contribution < -0.4 is 0 Å². The van der Waals surface area contributed by atoms with Crippen LogP contribution in [0, 0.1) is 0 Å². The molecule has 6 heteroatoms. The molecule has 1 aliphatic rings. The molecule has 0 atom stereocenters. The highest BCUT2D eigenvalue weighted by Crippen LogP contribution is 2.13. The Hall–Kier alpha value is -2.63. The molecule has 0 saturated heterocycles. The molecule has 0 aromatic heterocycles. The van der Waals surface area contributed by atoms with Gasteiger partial charge in [-0.2, -0.15) is 0 Å². The van der Waals surface area contributed by atoms with Crippen molar-refractivity contribution in [1.82, 2.24) is 4.90 Å². The van der Waals surface area contributed by atoms with Gasteiger partial charge in [-0.1, -0.05) is 30.3 Å². The summed E-state index contributed by atoms with van der Waals surface area (Å²) in [5.41, 5.74) is 0.403. The summed E-state index contributed by atoms with van der Waals surface area (Å²) in [6.07, 6.45) is 0.256. The van der Waals surface area contributed by atoms with Crippen molar-refractivity contribution in [2.24, 2.45) is 0 Å². The quantitative estimate of drug-likeness (QED) is 0.826. The number of aliphatic carboxylic acids is 1. The second kappa shape index (κ2) is 5.34. The number of hydrogen-bond donors (Lipinski definition) is 1. The molecule has 6 nitrogen and oxygen atoms in total. The molecule has 1 aromatic carbocycles. The molecule has 2 rings (SSSR count). The number of Topliss-reactive ketones (excluding diaryl/α,β-unsaturated/α-hetero) is 1. The van der Waals surface area contributed by atoms with Crippen LogP contribution in [-0.4, -0.2) is 34.4 Å². The van der Waals surface area contributed by atoms with Crippen LogP contribution in [0.25, 0.3) is 0 Å². The van der Waals surface area contributed by atoms with Crippen LogP contribution in [0.2, 0.25) is 0 Å². The smallest absolute Gasteiger partial charge is 0.414 e. The predicted octanol–water partition coefficient (Wildman–Crippen LogP) is 1.18. The van der Waals surface area contributed by atoms with Gasteiger partial charge in [0.05, 0.1) is 6.54 Å². The lowest BCUT2D eigenvalue weighted by Gasteiger charge is -2.12. The fourth-order valence-corrected chi connectivity index (χ4v) is 1.61. The minimum absolute atomic E-state index is 0.0700. The van der Waals surface area contributed by atoms with Crippen molar-refractivity contribution in [3.63, 3.8) is 0 Å². The third-order valence-corrected chi connectivity index (χ3v) is 2.57. The normalized spacial score (nSPS) is 14.2. The first-order valence-corrected chi connectivity index (χ1v) is 5.53. The number of carbonyl (C=O) groups is 3. The zero-order valence-corrected chi connectivity index (χ0v) is 9.91. The molecular weight excluding hydrogens is 250 g/mol. The Labute approximate surface area is 108 Å². The highest BCUT2D eigenvalue weighted by molar-refractivity contribution is 6.19. The maximum absolute atomic E-state index is 11.6. The third kappa shape index (κ3) is 2.98. The van der Waals surface area contributed by atoms with E-state index < -0.39 is 23.4 Å². The van der Waals surface area contributed by atoms with Gasteiger partial charge in [0.25, 0.3) is 0 Å². The van der Waals surface area contributed by atoms with E-state index in [1.807, 2.05) is 18.2 Å². The first kappa shape index (κ1) is 12.8. The number of ketones is 1. The number of carbonyl (C=O) groups excluding carboxylic acids is 2. The second-order valence-corrected chi connectivity index (χ2v) is 3.94. The Morgan fingerprint density at radius 3 is 2.53 bits per heavy atom. The molecule has 98 valence electrons. The average molecular weight is 261 g/mol. The van der Waals surface area contributed by atoms with Gasteiger partial charge in [-0.15, -0.1) is 0 Å². The molecule has 0 spiro atoms. The van der Waals surface area contributed by atoms with E-state index in [2.05, 4.69) is 0 Å². The van der Waals surface area contributed by atoms with Gasteiger partial charge in [0.1, 0.15) is 12.2 Å². The van der Waals surface area contributed by atoms with Crippen molar-refractivity contribution in [3.05, 3.63) is 47.7 Å². The minimum Gasteiger partial charge on any atom is -0.478 e. The lowest BCUT2D eigenvalue weighted by atomic mass is 10.2. The van der Waals surface area contributed by atoms with E-state index in [9.17, 15) is 14.4 Å². The van der Waals surface area contributed by atoms with Crippen molar-refractivity contribution in [3.8, 4) is 0 Å². The number of ether oxygens (including phenoxy) is 1.